The third kappa shape index (κ3) is 4.22. The van der Waals surface area contributed by atoms with Crippen LogP contribution in [-0.4, -0.2) is 40.5 Å². The van der Waals surface area contributed by atoms with Crippen molar-refractivity contribution in [2.75, 3.05) is 13.7 Å². The van der Waals surface area contributed by atoms with Crippen LogP contribution in [0.1, 0.15) is 67.8 Å². The smallest absolute Gasteiger partial charge is 0.295 e. The molecular weight excluding hydrogens is 406 g/mol. The lowest BCUT2D eigenvalue weighted by molar-refractivity contribution is -0.139. The summed E-state index contributed by atoms with van der Waals surface area (Å²) in [6.45, 7) is 8.31. The summed E-state index contributed by atoms with van der Waals surface area (Å²) >= 11 is 0. The molecule has 0 radical (unpaired) electrons. The van der Waals surface area contributed by atoms with Crippen LogP contribution < -0.4 is 4.74 Å². The molecule has 1 fully saturated rings. The van der Waals surface area contributed by atoms with Gasteiger partial charge in [-0.25, -0.2) is 0 Å². The van der Waals surface area contributed by atoms with Crippen molar-refractivity contribution in [1.29, 1.82) is 0 Å². The maximum atomic E-state index is 13.1. The van der Waals surface area contributed by atoms with Crippen molar-refractivity contribution >= 4 is 17.4 Å². The number of carbonyl (C=O) groups excluding carboxylic acids is 2. The summed E-state index contributed by atoms with van der Waals surface area (Å²) in [6.07, 6.45) is 1.60. The first kappa shape index (κ1) is 23.4. The molecule has 3 rings (SSSR count). The van der Waals surface area contributed by atoms with Crippen LogP contribution in [-0.2, 0) is 9.59 Å². The number of carbonyl (C=O) groups is 2. The van der Waals surface area contributed by atoms with Crippen LogP contribution >= 0.6 is 0 Å². The second-order valence-electron chi connectivity index (χ2n) is 8.50. The SMILES string of the molecule is CCCCN1C(=O)C(=O)/C(=C(/O)c2cc(C(C)C)c(OC)cc2C)C1c1ccc(O)cc1. The van der Waals surface area contributed by atoms with Crippen molar-refractivity contribution in [1.82, 2.24) is 4.90 Å². The molecule has 6 heteroatoms. The Labute approximate surface area is 189 Å². The molecule has 0 aliphatic carbocycles. The summed E-state index contributed by atoms with van der Waals surface area (Å²) < 4.78 is 5.50. The van der Waals surface area contributed by atoms with Gasteiger partial charge < -0.3 is 19.8 Å². The van der Waals surface area contributed by atoms with Gasteiger partial charge in [0.2, 0.25) is 0 Å². The molecule has 2 N–H and O–H groups in total. The van der Waals surface area contributed by atoms with Crippen LogP contribution in [0, 0.1) is 6.92 Å². The van der Waals surface area contributed by atoms with E-state index in [0.29, 0.717) is 23.4 Å². The Morgan fingerprint density at radius 2 is 1.81 bits per heavy atom. The molecule has 1 saturated heterocycles. The molecule has 1 unspecified atom stereocenters. The predicted octanol–water partition coefficient (Wildman–Crippen LogP) is 5.05. The van der Waals surface area contributed by atoms with Crippen LogP contribution in [0.4, 0.5) is 0 Å². The van der Waals surface area contributed by atoms with E-state index in [0.717, 1.165) is 24.0 Å². The zero-order valence-electron chi connectivity index (χ0n) is 19.3. The number of aryl methyl sites for hydroxylation is 1. The van der Waals surface area contributed by atoms with Crippen LogP contribution in [0.5, 0.6) is 11.5 Å². The molecule has 0 aromatic heterocycles. The summed E-state index contributed by atoms with van der Waals surface area (Å²) in [5.74, 6) is -0.565. The molecule has 1 amide bonds. The maximum Gasteiger partial charge on any atom is 0.295 e. The number of unbranched alkanes of at least 4 members (excludes halogenated alkanes) is 1. The van der Waals surface area contributed by atoms with Gasteiger partial charge in [0.25, 0.3) is 11.7 Å². The van der Waals surface area contributed by atoms with E-state index in [9.17, 15) is 19.8 Å². The number of nitrogens with zero attached hydrogens (tertiary/aromatic N) is 1. The molecule has 1 aliphatic rings. The minimum atomic E-state index is -0.717. The topological polar surface area (TPSA) is 87.1 Å². The van der Waals surface area contributed by atoms with Crippen LogP contribution in [0.3, 0.4) is 0 Å². The Bertz CT molecular complexity index is 1050. The van der Waals surface area contributed by atoms with E-state index in [1.54, 1.807) is 19.2 Å². The number of phenols is 1. The van der Waals surface area contributed by atoms with Crippen LogP contribution in [0.2, 0.25) is 0 Å². The lowest BCUT2D eigenvalue weighted by atomic mass is 9.91. The van der Waals surface area contributed by atoms with Gasteiger partial charge in [-0.05, 0) is 60.2 Å². The summed E-state index contributed by atoms with van der Waals surface area (Å²) in [6, 6.07) is 9.35. The number of hydrogen-bond acceptors (Lipinski definition) is 5. The number of aliphatic hydroxyl groups excluding tert-OH is 1. The molecule has 0 saturated carbocycles. The number of rotatable bonds is 7. The van der Waals surface area contributed by atoms with Crippen molar-refractivity contribution in [3.8, 4) is 11.5 Å². The number of likely N-dealkylation sites (tertiary alicyclic amines) is 1. The lowest BCUT2D eigenvalue weighted by Crippen LogP contribution is -2.30. The largest absolute Gasteiger partial charge is 0.508 e. The molecule has 1 atom stereocenters. The highest BCUT2D eigenvalue weighted by Crippen LogP contribution is 2.41. The fourth-order valence-corrected chi connectivity index (χ4v) is 4.17. The van der Waals surface area contributed by atoms with E-state index < -0.39 is 17.7 Å². The predicted molar refractivity (Wildman–Crippen MR) is 124 cm³/mol. The highest BCUT2D eigenvalue weighted by Gasteiger charge is 2.45. The first-order valence-electron chi connectivity index (χ1n) is 11.0. The fraction of sp³-hybridized carbons (Fsp3) is 0.385. The van der Waals surface area contributed by atoms with E-state index in [4.69, 9.17) is 4.74 Å². The van der Waals surface area contributed by atoms with E-state index in [2.05, 4.69) is 0 Å². The molecule has 2 aromatic carbocycles. The molecule has 2 aromatic rings. The Morgan fingerprint density at radius 1 is 1.16 bits per heavy atom. The highest BCUT2D eigenvalue weighted by atomic mass is 16.5. The van der Waals surface area contributed by atoms with Crippen molar-refractivity contribution in [2.24, 2.45) is 0 Å². The van der Waals surface area contributed by atoms with Crippen LogP contribution in [0.15, 0.2) is 42.0 Å². The van der Waals surface area contributed by atoms with Crippen molar-refractivity contribution in [3.05, 3.63) is 64.2 Å². The highest BCUT2D eigenvalue weighted by molar-refractivity contribution is 6.46. The average Bonchev–Trinajstić information content (AvgIpc) is 3.02. The van der Waals surface area contributed by atoms with Gasteiger partial charge in [-0.15, -0.1) is 0 Å². The summed E-state index contributed by atoms with van der Waals surface area (Å²) in [5.41, 5.74) is 2.88. The average molecular weight is 438 g/mol. The number of methoxy groups -OCH3 is 1. The molecule has 0 spiro atoms. The summed E-state index contributed by atoms with van der Waals surface area (Å²) in [7, 11) is 1.60. The number of amides is 1. The Balaban J connectivity index is 2.24. The minimum absolute atomic E-state index is 0.0692. The minimum Gasteiger partial charge on any atom is -0.508 e. The summed E-state index contributed by atoms with van der Waals surface area (Å²) in [4.78, 5) is 27.6. The van der Waals surface area contributed by atoms with Gasteiger partial charge in [-0.3, -0.25) is 9.59 Å². The van der Waals surface area contributed by atoms with Gasteiger partial charge >= 0.3 is 0 Å². The molecule has 6 nitrogen and oxygen atoms in total. The number of Topliss-reactive ketones (excluding diaryl/α,β-unsaturated/α-hetero) is 1. The van der Waals surface area contributed by atoms with E-state index in [-0.39, 0.29) is 23.0 Å². The normalized spacial score (nSPS) is 17.9. The Morgan fingerprint density at radius 3 is 2.38 bits per heavy atom. The summed E-state index contributed by atoms with van der Waals surface area (Å²) in [5, 5.41) is 21.1. The van der Waals surface area contributed by atoms with Gasteiger partial charge in [0.15, 0.2) is 0 Å². The van der Waals surface area contributed by atoms with E-state index >= 15 is 0 Å². The Kier molecular flexibility index (Phi) is 6.92. The number of benzene rings is 2. The fourth-order valence-electron chi connectivity index (χ4n) is 4.17. The maximum absolute atomic E-state index is 13.1. The number of hydrogen-bond donors (Lipinski definition) is 2. The van der Waals surface area contributed by atoms with Crippen molar-refractivity contribution in [3.63, 3.8) is 0 Å². The number of aromatic hydroxyl groups is 1. The Hall–Kier alpha value is -3.28. The molecular formula is C26H31NO5. The lowest BCUT2D eigenvalue weighted by Gasteiger charge is -2.25. The van der Waals surface area contributed by atoms with Crippen LogP contribution in [0.25, 0.3) is 5.76 Å². The van der Waals surface area contributed by atoms with Gasteiger partial charge in [0.1, 0.15) is 17.3 Å². The quantitative estimate of drug-likeness (QED) is 0.359. The zero-order valence-corrected chi connectivity index (χ0v) is 19.3. The molecule has 32 heavy (non-hydrogen) atoms. The molecule has 1 aliphatic heterocycles. The third-order valence-electron chi connectivity index (χ3n) is 5.96. The molecule has 1 heterocycles. The molecule has 170 valence electrons. The van der Waals surface area contributed by atoms with Crippen molar-refractivity contribution in [2.45, 2.75) is 52.5 Å². The zero-order chi connectivity index (χ0) is 23.6. The van der Waals surface area contributed by atoms with E-state index in [1.165, 1.54) is 17.0 Å². The van der Waals surface area contributed by atoms with E-state index in [1.807, 2.05) is 39.8 Å². The number of ketones is 1. The van der Waals surface area contributed by atoms with Gasteiger partial charge in [0.05, 0.1) is 18.7 Å². The first-order chi connectivity index (χ1) is 15.2. The second kappa shape index (κ2) is 9.47. The van der Waals surface area contributed by atoms with Gasteiger partial charge in [-0.1, -0.05) is 39.3 Å². The number of ether oxygens (including phenoxy) is 1. The molecule has 0 bridgehead atoms. The third-order valence-corrected chi connectivity index (χ3v) is 5.96. The number of phenolic OH excluding ortho intramolecular Hbond substituents is 1. The first-order valence-corrected chi connectivity index (χ1v) is 11.0. The number of aliphatic hydroxyl groups is 1. The van der Waals surface area contributed by atoms with Gasteiger partial charge in [0, 0.05) is 12.1 Å². The standard InChI is InChI=1S/C26H31NO5/c1-6-7-12-27-23(17-8-10-18(28)11-9-17)22(25(30)26(27)31)24(29)20-14-19(15(2)3)21(32-5)13-16(20)4/h8-11,13-15,23,28-29H,6-7,12H2,1-5H3/b24-22+. The van der Waals surface area contributed by atoms with Crippen molar-refractivity contribution < 1.29 is 24.5 Å². The second-order valence-corrected chi connectivity index (χ2v) is 8.50. The monoisotopic (exact) mass is 437 g/mol. The van der Waals surface area contributed by atoms with Gasteiger partial charge in [-0.2, -0.15) is 0 Å².